The summed E-state index contributed by atoms with van der Waals surface area (Å²) in [6.45, 7) is 6.25. The lowest BCUT2D eigenvalue weighted by molar-refractivity contribution is -0.136. The quantitative estimate of drug-likeness (QED) is 0.0274. The van der Waals surface area contributed by atoms with E-state index in [2.05, 4.69) is 36.9 Å². The smallest absolute Gasteiger partial charge is 0.243 e. The summed E-state index contributed by atoms with van der Waals surface area (Å²) < 4.78 is 0. The van der Waals surface area contributed by atoms with E-state index in [1.807, 2.05) is 0 Å². The summed E-state index contributed by atoms with van der Waals surface area (Å²) in [5.74, 6) is -6.74. The lowest BCUT2D eigenvalue weighted by atomic mass is 10.00. The fourth-order valence-electron chi connectivity index (χ4n) is 4.99. The van der Waals surface area contributed by atoms with Gasteiger partial charge in [0, 0.05) is 13.0 Å². The minimum atomic E-state index is -1.60. The maximum Gasteiger partial charge on any atom is 0.243 e. The van der Waals surface area contributed by atoms with Crippen molar-refractivity contribution < 1.29 is 38.4 Å². The Kier molecular flexibility index (Phi) is 20.3. The third-order valence-electron chi connectivity index (χ3n) is 7.76. The summed E-state index contributed by atoms with van der Waals surface area (Å²) in [7, 11) is 0. The van der Waals surface area contributed by atoms with Gasteiger partial charge in [-0.25, -0.2) is 0 Å². The van der Waals surface area contributed by atoms with E-state index in [0.717, 1.165) is 0 Å². The second kappa shape index (κ2) is 23.7. The molecule has 0 saturated heterocycles. The van der Waals surface area contributed by atoms with Gasteiger partial charge >= 0.3 is 0 Å². The second-order valence-corrected chi connectivity index (χ2v) is 13.1. The molecule has 8 amide bonds. The predicted molar refractivity (Wildman–Crippen MR) is 199 cm³/mol. The molecule has 1 aromatic carbocycles. The monoisotopic (exact) mass is 760 g/mol. The number of nitrogens with two attached hydrogens (primary N) is 5. The largest absolute Gasteiger partial charge is 0.370 e. The Balaban J connectivity index is 3.32. The fourth-order valence-corrected chi connectivity index (χ4v) is 4.99. The number of nitrogens with one attached hydrogen (secondary N) is 6. The highest BCUT2D eigenvalue weighted by Crippen LogP contribution is 2.10. The normalized spacial score (nSPS) is 14.1. The summed E-state index contributed by atoms with van der Waals surface area (Å²) in [5, 5.41) is 15.0. The van der Waals surface area contributed by atoms with Crippen LogP contribution in [0.4, 0.5) is 0 Å². The molecule has 0 saturated carbocycles. The molecule has 0 aliphatic heterocycles. The third kappa shape index (κ3) is 18.1. The van der Waals surface area contributed by atoms with E-state index in [-0.39, 0.29) is 50.5 Å². The van der Waals surface area contributed by atoms with Crippen LogP contribution in [0.5, 0.6) is 0 Å². The molecular formula is C34H56N12O8. The number of carbonyl (C=O) groups excluding carboxylic acids is 8. The molecule has 0 radical (unpaired) electrons. The number of nitrogens with zero attached hydrogens (tertiary/aromatic N) is 1. The molecule has 16 N–H and O–H groups in total. The van der Waals surface area contributed by atoms with E-state index in [4.69, 9.17) is 28.7 Å². The minimum Gasteiger partial charge on any atom is -0.370 e. The van der Waals surface area contributed by atoms with Gasteiger partial charge in [-0.1, -0.05) is 51.1 Å². The average molecular weight is 761 g/mol. The molecule has 6 atom stereocenters. The van der Waals surface area contributed by atoms with Crippen molar-refractivity contribution in [2.45, 2.75) is 102 Å². The molecule has 300 valence electrons. The molecule has 0 unspecified atom stereocenters. The molecule has 20 nitrogen and oxygen atoms in total. The summed E-state index contributed by atoms with van der Waals surface area (Å²) in [5.41, 5.74) is 27.7. The highest BCUT2D eigenvalue weighted by Gasteiger charge is 2.33. The number of rotatable bonds is 24. The number of primary amides is 2. The summed E-state index contributed by atoms with van der Waals surface area (Å²) in [6.07, 6.45) is -0.265. The molecule has 54 heavy (non-hydrogen) atoms. The van der Waals surface area contributed by atoms with Crippen LogP contribution in [0, 0.1) is 5.92 Å². The van der Waals surface area contributed by atoms with Crippen LogP contribution in [0.1, 0.15) is 65.4 Å². The highest BCUT2D eigenvalue weighted by atomic mass is 16.2. The van der Waals surface area contributed by atoms with Gasteiger partial charge in [0.05, 0.1) is 19.0 Å². The van der Waals surface area contributed by atoms with E-state index in [1.54, 1.807) is 51.1 Å². The van der Waals surface area contributed by atoms with E-state index < -0.39 is 96.5 Å². The minimum absolute atomic E-state index is 0.0317. The van der Waals surface area contributed by atoms with Gasteiger partial charge in [0.25, 0.3) is 0 Å². The zero-order chi connectivity index (χ0) is 41.0. The maximum atomic E-state index is 13.7. The number of aliphatic imine (C=N–C) groups is 1. The van der Waals surface area contributed by atoms with Crippen molar-refractivity contribution in [2.24, 2.45) is 39.6 Å². The van der Waals surface area contributed by atoms with Gasteiger partial charge in [0.1, 0.15) is 30.2 Å². The highest BCUT2D eigenvalue weighted by molar-refractivity contribution is 5.98. The second-order valence-electron chi connectivity index (χ2n) is 13.1. The summed E-state index contributed by atoms with van der Waals surface area (Å²) in [4.78, 5) is 107. The van der Waals surface area contributed by atoms with Crippen LogP contribution in [0.2, 0.25) is 0 Å². The van der Waals surface area contributed by atoms with Crippen LogP contribution in [-0.4, -0.2) is 103 Å². The van der Waals surface area contributed by atoms with E-state index in [0.29, 0.717) is 5.56 Å². The van der Waals surface area contributed by atoms with Crippen molar-refractivity contribution in [1.82, 2.24) is 31.9 Å². The van der Waals surface area contributed by atoms with Crippen LogP contribution in [0.3, 0.4) is 0 Å². The third-order valence-corrected chi connectivity index (χ3v) is 7.76. The van der Waals surface area contributed by atoms with Crippen molar-refractivity contribution >= 4 is 53.2 Å². The number of hydrogen-bond acceptors (Lipinski definition) is 10. The Hall–Kier alpha value is -5.79. The lowest BCUT2D eigenvalue weighted by Crippen LogP contribution is -2.60. The average Bonchev–Trinajstić information content (AvgIpc) is 3.09. The van der Waals surface area contributed by atoms with Crippen LogP contribution >= 0.6 is 0 Å². The van der Waals surface area contributed by atoms with Crippen molar-refractivity contribution in [3.8, 4) is 0 Å². The first-order valence-electron chi connectivity index (χ1n) is 17.5. The van der Waals surface area contributed by atoms with Gasteiger partial charge in [0.15, 0.2) is 5.96 Å². The Morgan fingerprint density at radius 1 is 0.648 bits per heavy atom. The molecule has 0 heterocycles. The van der Waals surface area contributed by atoms with Gasteiger partial charge in [-0.3, -0.25) is 43.3 Å². The van der Waals surface area contributed by atoms with Crippen LogP contribution in [0.25, 0.3) is 0 Å². The molecule has 20 heteroatoms. The molecule has 0 aromatic heterocycles. The molecule has 0 aliphatic rings. The van der Waals surface area contributed by atoms with Gasteiger partial charge < -0.3 is 60.6 Å². The number of hydrogen-bond donors (Lipinski definition) is 11. The van der Waals surface area contributed by atoms with Crippen LogP contribution in [-0.2, 0) is 44.8 Å². The SMILES string of the molecule is CC[C@H](NC(=O)[C@H](C)N)C(=O)N[C@@H](CCCN=C(N)N)C(=O)N[C@@H](CC(N)=O)C(=O)N[C@@H](CC(C)C)C(=O)N[C@@H](Cc1ccccc1)C(=O)NCC(N)=O. The maximum absolute atomic E-state index is 13.7. The van der Waals surface area contributed by atoms with Crippen molar-refractivity contribution in [2.75, 3.05) is 13.1 Å². The van der Waals surface area contributed by atoms with Crippen LogP contribution in [0.15, 0.2) is 35.3 Å². The lowest BCUT2D eigenvalue weighted by Gasteiger charge is -2.27. The molecule has 0 bridgehead atoms. The predicted octanol–water partition coefficient (Wildman–Crippen LogP) is -4.01. The first kappa shape index (κ1) is 46.2. The van der Waals surface area contributed by atoms with Crippen molar-refractivity contribution in [3.05, 3.63) is 35.9 Å². The Morgan fingerprint density at radius 2 is 1.17 bits per heavy atom. The zero-order valence-corrected chi connectivity index (χ0v) is 31.2. The molecule has 0 spiro atoms. The number of guanidine groups is 1. The van der Waals surface area contributed by atoms with E-state index in [1.165, 1.54) is 6.92 Å². The standard InChI is InChI=1S/C34H56N12O8/c1-5-21(42-28(49)19(4)35)30(51)43-22(12-9-13-40-34(38)39)31(52)46-25(16-26(36)47)33(54)44-23(14-18(2)3)32(53)45-24(29(50)41-17-27(37)48)15-20-10-7-6-8-11-20/h6-8,10-11,18-19,21-25H,5,9,12-17,35H2,1-4H3,(H2,36,47)(H2,37,48)(H,41,50)(H,42,49)(H,43,51)(H,44,54)(H,45,53)(H,46,52)(H4,38,39,40)/t19-,21-,22-,23-,24-,25-/m0/s1. The molecule has 1 rings (SSSR count). The van der Waals surface area contributed by atoms with Gasteiger partial charge in [-0.2, -0.15) is 0 Å². The van der Waals surface area contributed by atoms with Gasteiger partial charge in [0.2, 0.25) is 47.3 Å². The topological polar surface area (TPSA) is 351 Å². The Labute approximate surface area is 314 Å². The number of amides is 8. The molecule has 0 fully saturated rings. The number of carbonyl (C=O) groups is 8. The van der Waals surface area contributed by atoms with Gasteiger partial charge in [-0.05, 0) is 44.1 Å². The van der Waals surface area contributed by atoms with Crippen molar-refractivity contribution in [3.63, 3.8) is 0 Å². The van der Waals surface area contributed by atoms with Crippen molar-refractivity contribution in [1.29, 1.82) is 0 Å². The van der Waals surface area contributed by atoms with Crippen LogP contribution < -0.4 is 60.6 Å². The molecule has 0 aliphatic carbocycles. The summed E-state index contributed by atoms with van der Waals surface area (Å²) in [6, 6.07) is 1.42. The Bertz CT molecular complexity index is 1480. The van der Waals surface area contributed by atoms with E-state index >= 15 is 0 Å². The van der Waals surface area contributed by atoms with E-state index in [9.17, 15) is 38.4 Å². The first-order chi connectivity index (χ1) is 25.3. The first-order valence-corrected chi connectivity index (χ1v) is 17.5. The van der Waals surface area contributed by atoms with Gasteiger partial charge in [-0.15, -0.1) is 0 Å². The zero-order valence-electron chi connectivity index (χ0n) is 31.2. The Morgan fingerprint density at radius 3 is 1.70 bits per heavy atom. The fraction of sp³-hybridized carbons (Fsp3) is 0.559. The molecule has 1 aromatic rings. The number of benzene rings is 1. The molecular weight excluding hydrogens is 704 g/mol. The summed E-state index contributed by atoms with van der Waals surface area (Å²) >= 11 is 0.